The van der Waals surface area contributed by atoms with Gasteiger partial charge in [0, 0.05) is 6.04 Å². The second kappa shape index (κ2) is 6.72. The highest BCUT2D eigenvalue weighted by Crippen LogP contribution is 2.26. The minimum Gasteiger partial charge on any atom is -0.345 e. The van der Waals surface area contributed by atoms with Gasteiger partial charge in [0.2, 0.25) is 11.8 Å². The van der Waals surface area contributed by atoms with Gasteiger partial charge in [-0.2, -0.15) is 0 Å². The third kappa shape index (κ3) is 3.61. The van der Waals surface area contributed by atoms with E-state index in [1.807, 2.05) is 51.4 Å². The molecule has 0 aliphatic carbocycles. The summed E-state index contributed by atoms with van der Waals surface area (Å²) in [6.45, 7) is 2.98. The third-order valence-corrected chi connectivity index (χ3v) is 3.81. The Kier molecular flexibility index (Phi) is 4.96. The molecule has 0 spiro atoms. The monoisotopic (exact) mass is 289 g/mol. The molecule has 21 heavy (non-hydrogen) atoms. The van der Waals surface area contributed by atoms with Gasteiger partial charge in [0.05, 0.1) is 6.54 Å². The van der Waals surface area contributed by atoms with Crippen LogP contribution in [0.5, 0.6) is 0 Å². The van der Waals surface area contributed by atoms with Gasteiger partial charge in [-0.05, 0) is 39.5 Å². The Morgan fingerprint density at radius 1 is 1.29 bits per heavy atom. The van der Waals surface area contributed by atoms with Crippen molar-refractivity contribution >= 4 is 11.8 Å². The Bertz CT molecular complexity index is 502. The van der Waals surface area contributed by atoms with E-state index in [2.05, 4.69) is 10.2 Å². The summed E-state index contributed by atoms with van der Waals surface area (Å²) in [6, 6.07) is 8.99. The molecule has 1 aliphatic heterocycles. The van der Waals surface area contributed by atoms with Gasteiger partial charge in [-0.1, -0.05) is 30.3 Å². The Hall–Kier alpha value is -1.88. The van der Waals surface area contributed by atoms with Crippen LogP contribution in [-0.2, 0) is 9.59 Å². The topological polar surface area (TPSA) is 52.6 Å². The van der Waals surface area contributed by atoms with E-state index >= 15 is 0 Å². The molecular weight excluding hydrogens is 266 g/mol. The second-order valence-electron chi connectivity index (χ2n) is 5.77. The fraction of sp³-hybridized carbons (Fsp3) is 0.500. The maximum atomic E-state index is 12.3. The molecule has 0 bridgehead atoms. The Balaban J connectivity index is 2.24. The van der Waals surface area contributed by atoms with Gasteiger partial charge in [0.25, 0.3) is 0 Å². The van der Waals surface area contributed by atoms with Crippen LogP contribution in [-0.4, -0.2) is 54.8 Å². The molecule has 5 nitrogen and oxygen atoms in total. The van der Waals surface area contributed by atoms with Crippen LogP contribution in [0.2, 0.25) is 0 Å². The summed E-state index contributed by atoms with van der Waals surface area (Å²) in [4.78, 5) is 28.4. The van der Waals surface area contributed by atoms with Gasteiger partial charge in [-0.15, -0.1) is 0 Å². The SMILES string of the molecule is CC(CCN(C)C)N1C(=O)CNC(=O)C1c1ccccc1. The highest BCUT2D eigenvalue weighted by molar-refractivity contribution is 5.95. The van der Waals surface area contributed by atoms with Crippen molar-refractivity contribution in [1.82, 2.24) is 15.1 Å². The van der Waals surface area contributed by atoms with Crippen LogP contribution in [0.3, 0.4) is 0 Å². The molecule has 2 amide bonds. The molecule has 1 aromatic rings. The quantitative estimate of drug-likeness (QED) is 0.881. The lowest BCUT2D eigenvalue weighted by Gasteiger charge is -2.39. The molecule has 5 heteroatoms. The van der Waals surface area contributed by atoms with E-state index in [4.69, 9.17) is 0 Å². The fourth-order valence-electron chi connectivity index (χ4n) is 2.65. The molecule has 0 saturated carbocycles. The fourth-order valence-corrected chi connectivity index (χ4v) is 2.65. The van der Waals surface area contributed by atoms with E-state index in [0.29, 0.717) is 0 Å². The molecule has 1 N–H and O–H groups in total. The maximum absolute atomic E-state index is 12.3. The predicted octanol–water partition coefficient (Wildman–Crippen LogP) is 1.03. The van der Waals surface area contributed by atoms with Crippen molar-refractivity contribution in [3.8, 4) is 0 Å². The van der Waals surface area contributed by atoms with Crippen molar-refractivity contribution < 1.29 is 9.59 Å². The Morgan fingerprint density at radius 3 is 2.57 bits per heavy atom. The number of nitrogens with one attached hydrogen (secondary N) is 1. The zero-order valence-electron chi connectivity index (χ0n) is 12.9. The van der Waals surface area contributed by atoms with E-state index in [-0.39, 0.29) is 24.4 Å². The van der Waals surface area contributed by atoms with Gasteiger partial charge in [0.15, 0.2) is 0 Å². The molecule has 1 fully saturated rings. The standard InChI is InChI=1S/C16H23N3O2/c1-12(9-10-18(2)3)19-14(20)11-17-16(21)15(19)13-7-5-4-6-8-13/h4-8,12,15H,9-11H2,1-3H3,(H,17,21). The van der Waals surface area contributed by atoms with E-state index in [0.717, 1.165) is 18.5 Å². The largest absolute Gasteiger partial charge is 0.345 e. The summed E-state index contributed by atoms with van der Waals surface area (Å²) in [5, 5.41) is 2.69. The average Bonchev–Trinajstić information content (AvgIpc) is 2.47. The minimum absolute atomic E-state index is 0.0188. The molecule has 2 atom stereocenters. The number of piperazine rings is 1. The predicted molar refractivity (Wildman–Crippen MR) is 81.7 cm³/mol. The van der Waals surface area contributed by atoms with Crippen molar-refractivity contribution in [1.29, 1.82) is 0 Å². The van der Waals surface area contributed by atoms with E-state index in [1.165, 1.54) is 0 Å². The zero-order chi connectivity index (χ0) is 15.4. The molecule has 2 rings (SSSR count). The van der Waals surface area contributed by atoms with Gasteiger partial charge in [0.1, 0.15) is 6.04 Å². The molecule has 1 aromatic carbocycles. The number of carbonyl (C=O) groups is 2. The van der Waals surface area contributed by atoms with Crippen LogP contribution in [0.4, 0.5) is 0 Å². The molecule has 0 radical (unpaired) electrons. The first-order valence-corrected chi connectivity index (χ1v) is 7.29. The molecular formula is C16H23N3O2. The molecule has 0 aromatic heterocycles. The highest BCUT2D eigenvalue weighted by atomic mass is 16.2. The first-order valence-electron chi connectivity index (χ1n) is 7.29. The van der Waals surface area contributed by atoms with Gasteiger partial charge in [-0.25, -0.2) is 0 Å². The van der Waals surface area contributed by atoms with Crippen LogP contribution < -0.4 is 5.32 Å². The van der Waals surface area contributed by atoms with Crippen molar-refractivity contribution in [3.05, 3.63) is 35.9 Å². The number of benzene rings is 1. The minimum atomic E-state index is -0.524. The number of hydrogen-bond acceptors (Lipinski definition) is 3. The number of carbonyl (C=O) groups excluding carboxylic acids is 2. The lowest BCUT2D eigenvalue weighted by Crippen LogP contribution is -2.56. The highest BCUT2D eigenvalue weighted by Gasteiger charge is 2.38. The van der Waals surface area contributed by atoms with Gasteiger partial charge < -0.3 is 15.1 Å². The Labute approximate surface area is 125 Å². The van der Waals surface area contributed by atoms with Crippen molar-refractivity contribution in [2.75, 3.05) is 27.2 Å². The lowest BCUT2D eigenvalue weighted by molar-refractivity contribution is -0.148. The third-order valence-electron chi connectivity index (χ3n) is 3.81. The molecule has 2 unspecified atom stereocenters. The van der Waals surface area contributed by atoms with Crippen molar-refractivity contribution in [3.63, 3.8) is 0 Å². The van der Waals surface area contributed by atoms with Crippen LogP contribution in [0, 0.1) is 0 Å². The van der Waals surface area contributed by atoms with Crippen LogP contribution in [0.25, 0.3) is 0 Å². The second-order valence-corrected chi connectivity index (χ2v) is 5.77. The summed E-state index contributed by atoms with van der Waals surface area (Å²) < 4.78 is 0. The summed E-state index contributed by atoms with van der Waals surface area (Å²) in [5.41, 5.74) is 0.861. The van der Waals surface area contributed by atoms with E-state index in [9.17, 15) is 9.59 Å². The van der Waals surface area contributed by atoms with Crippen LogP contribution >= 0.6 is 0 Å². The molecule has 114 valence electrons. The van der Waals surface area contributed by atoms with E-state index < -0.39 is 6.04 Å². The summed E-state index contributed by atoms with van der Waals surface area (Å²) in [5.74, 6) is -0.118. The summed E-state index contributed by atoms with van der Waals surface area (Å²) in [7, 11) is 4.01. The zero-order valence-corrected chi connectivity index (χ0v) is 12.9. The van der Waals surface area contributed by atoms with E-state index in [1.54, 1.807) is 4.90 Å². The normalized spacial score (nSPS) is 20.6. The van der Waals surface area contributed by atoms with Gasteiger partial charge in [-0.3, -0.25) is 9.59 Å². The molecule has 1 heterocycles. The lowest BCUT2D eigenvalue weighted by atomic mass is 9.99. The molecule has 1 saturated heterocycles. The van der Waals surface area contributed by atoms with Crippen molar-refractivity contribution in [2.45, 2.75) is 25.4 Å². The smallest absolute Gasteiger partial charge is 0.247 e. The first-order chi connectivity index (χ1) is 10.0. The van der Waals surface area contributed by atoms with Crippen LogP contribution in [0.15, 0.2) is 30.3 Å². The van der Waals surface area contributed by atoms with Crippen LogP contribution in [0.1, 0.15) is 24.9 Å². The number of nitrogens with zero attached hydrogens (tertiary/aromatic N) is 2. The van der Waals surface area contributed by atoms with Crippen molar-refractivity contribution in [2.24, 2.45) is 0 Å². The first kappa shape index (κ1) is 15.5. The summed E-state index contributed by atoms with van der Waals surface area (Å²) in [6.07, 6.45) is 0.843. The molecule has 1 aliphatic rings. The Morgan fingerprint density at radius 2 is 1.95 bits per heavy atom. The summed E-state index contributed by atoms with van der Waals surface area (Å²) >= 11 is 0. The average molecular weight is 289 g/mol. The number of hydrogen-bond donors (Lipinski definition) is 1. The number of rotatable bonds is 5. The number of amides is 2. The van der Waals surface area contributed by atoms with Gasteiger partial charge >= 0.3 is 0 Å². The maximum Gasteiger partial charge on any atom is 0.247 e.